The van der Waals surface area contributed by atoms with Gasteiger partial charge < -0.3 is 4.74 Å². The molecule has 1 aromatic carbocycles. The van der Waals surface area contributed by atoms with Gasteiger partial charge in [0.2, 0.25) is 0 Å². The summed E-state index contributed by atoms with van der Waals surface area (Å²) in [5.41, 5.74) is 0.514. The Morgan fingerprint density at radius 1 is 1.14 bits per heavy atom. The van der Waals surface area contributed by atoms with Crippen molar-refractivity contribution in [2.75, 3.05) is 13.2 Å². The van der Waals surface area contributed by atoms with E-state index in [2.05, 4.69) is 6.58 Å². The number of aryl methyl sites for hydroxylation is 1. The minimum atomic E-state index is -3.78. The molecule has 0 saturated heterocycles. The maximum Gasteiger partial charge on any atom is 0.330 e. The molecule has 0 heterocycles. The number of hydrogen-bond donors (Lipinski definition) is 0. The molecule has 5 nitrogen and oxygen atoms in total. The fourth-order valence-electron chi connectivity index (χ4n) is 6.37. The first-order chi connectivity index (χ1) is 13.2. The Kier molecular flexibility index (Phi) is 4.91. The first-order valence-electron chi connectivity index (χ1n) is 9.99. The van der Waals surface area contributed by atoms with E-state index in [0.29, 0.717) is 24.0 Å². The second-order valence-electron chi connectivity index (χ2n) is 9.25. The summed E-state index contributed by atoms with van der Waals surface area (Å²) < 4.78 is 36.6. The van der Waals surface area contributed by atoms with Crippen LogP contribution in [0.5, 0.6) is 0 Å². The summed E-state index contributed by atoms with van der Waals surface area (Å²) in [6.07, 6.45) is 7.38. The quantitative estimate of drug-likeness (QED) is 0.390. The molecule has 6 heteroatoms. The predicted molar refractivity (Wildman–Crippen MR) is 105 cm³/mol. The maximum absolute atomic E-state index is 12.8. The summed E-state index contributed by atoms with van der Waals surface area (Å²) in [7, 11) is -3.78. The van der Waals surface area contributed by atoms with Crippen LogP contribution in [0.2, 0.25) is 0 Å². The van der Waals surface area contributed by atoms with Gasteiger partial charge in [-0.3, -0.25) is 4.18 Å². The number of esters is 1. The van der Waals surface area contributed by atoms with Gasteiger partial charge >= 0.3 is 5.97 Å². The Hall–Kier alpha value is -1.66. The minimum Gasteiger partial charge on any atom is -0.462 e. The first kappa shape index (κ1) is 19.6. The molecule has 4 aliphatic rings. The predicted octanol–water partition coefficient (Wildman–Crippen LogP) is 4.02. The lowest BCUT2D eigenvalue weighted by atomic mass is 9.44. The van der Waals surface area contributed by atoms with Gasteiger partial charge in [0.25, 0.3) is 10.1 Å². The molecule has 0 radical (unpaired) electrons. The van der Waals surface area contributed by atoms with Gasteiger partial charge in [-0.25, -0.2) is 4.79 Å². The standard InChI is InChI=1S/C22H28O5S/c1-3-20(23)26-14-21-9-17-8-18(10-21)12-22(11-17,13-21)15-27-28(24,25)19-7-5-4-6-16(19)2/h3-7,17-18H,1,8-15H2,2H3. The Balaban J connectivity index is 1.51. The normalized spacial score (nSPS) is 33.6. The van der Waals surface area contributed by atoms with Gasteiger partial charge in [-0.15, -0.1) is 0 Å². The summed E-state index contributed by atoms with van der Waals surface area (Å²) in [4.78, 5) is 11.8. The van der Waals surface area contributed by atoms with E-state index >= 15 is 0 Å². The summed E-state index contributed by atoms with van der Waals surface area (Å²) in [6.45, 7) is 5.87. The Morgan fingerprint density at radius 2 is 1.75 bits per heavy atom. The lowest BCUT2D eigenvalue weighted by Crippen LogP contribution is -2.55. The molecule has 0 aliphatic heterocycles. The smallest absolute Gasteiger partial charge is 0.330 e. The zero-order valence-electron chi connectivity index (χ0n) is 16.4. The van der Waals surface area contributed by atoms with Gasteiger partial charge in [0.15, 0.2) is 0 Å². The zero-order chi connectivity index (χ0) is 20.0. The minimum absolute atomic E-state index is 0.0431. The number of benzene rings is 1. The number of carbonyl (C=O) groups excluding carboxylic acids is 1. The van der Waals surface area contributed by atoms with Gasteiger partial charge in [-0.05, 0) is 74.3 Å². The SMILES string of the molecule is C=CC(=O)OCC12CC3CC(C1)CC(COS(=O)(=O)c1ccccc1C)(C3)C2. The number of hydrogen-bond acceptors (Lipinski definition) is 5. The van der Waals surface area contributed by atoms with Crippen LogP contribution in [0, 0.1) is 29.6 Å². The Bertz CT molecular complexity index is 874. The molecule has 4 aliphatic carbocycles. The van der Waals surface area contributed by atoms with Crippen LogP contribution >= 0.6 is 0 Å². The lowest BCUT2D eigenvalue weighted by Gasteiger charge is -2.61. The van der Waals surface area contributed by atoms with Crippen LogP contribution in [-0.2, 0) is 23.8 Å². The van der Waals surface area contributed by atoms with Crippen molar-refractivity contribution in [1.29, 1.82) is 0 Å². The molecular formula is C22H28O5S. The van der Waals surface area contributed by atoms with Crippen molar-refractivity contribution >= 4 is 16.1 Å². The van der Waals surface area contributed by atoms with Crippen LogP contribution in [0.4, 0.5) is 0 Å². The topological polar surface area (TPSA) is 69.7 Å². The summed E-state index contributed by atoms with van der Waals surface area (Å²) in [6, 6.07) is 6.92. The summed E-state index contributed by atoms with van der Waals surface area (Å²) in [5.74, 6) is 0.741. The Morgan fingerprint density at radius 3 is 2.36 bits per heavy atom. The van der Waals surface area contributed by atoms with E-state index in [0.717, 1.165) is 32.1 Å². The van der Waals surface area contributed by atoms with Crippen molar-refractivity contribution in [2.45, 2.75) is 50.3 Å². The highest BCUT2D eigenvalue weighted by atomic mass is 32.2. The molecule has 0 aromatic heterocycles. The molecule has 4 saturated carbocycles. The van der Waals surface area contributed by atoms with Crippen LogP contribution < -0.4 is 0 Å². The Labute approximate surface area is 167 Å². The number of rotatable bonds is 7. The molecule has 1 aromatic rings. The van der Waals surface area contributed by atoms with Crippen molar-refractivity contribution in [3.05, 3.63) is 42.5 Å². The van der Waals surface area contributed by atoms with E-state index in [1.165, 1.54) is 12.5 Å². The molecule has 5 rings (SSSR count). The second kappa shape index (κ2) is 6.99. The highest BCUT2D eigenvalue weighted by Gasteiger charge is 2.58. The summed E-state index contributed by atoms with van der Waals surface area (Å²) >= 11 is 0. The van der Waals surface area contributed by atoms with E-state index in [4.69, 9.17) is 8.92 Å². The van der Waals surface area contributed by atoms with Gasteiger partial charge in [0, 0.05) is 11.5 Å². The molecule has 2 atom stereocenters. The van der Waals surface area contributed by atoms with Crippen molar-refractivity contribution in [2.24, 2.45) is 22.7 Å². The molecule has 4 bridgehead atoms. The molecule has 4 fully saturated rings. The fourth-order valence-corrected chi connectivity index (χ4v) is 7.61. The van der Waals surface area contributed by atoms with Crippen molar-refractivity contribution < 1.29 is 22.1 Å². The third-order valence-electron chi connectivity index (χ3n) is 6.87. The van der Waals surface area contributed by atoms with E-state index in [-0.39, 0.29) is 28.3 Å². The van der Waals surface area contributed by atoms with Crippen LogP contribution in [0.1, 0.15) is 44.1 Å². The van der Waals surface area contributed by atoms with Crippen molar-refractivity contribution in [1.82, 2.24) is 0 Å². The van der Waals surface area contributed by atoms with Crippen LogP contribution in [0.3, 0.4) is 0 Å². The van der Waals surface area contributed by atoms with Gasteiger partial charge in [0.05, 0.1) is 18.1 Å². The molecule has 0 N–H and O–H groups in total. The van der Waals surface area contributed by atoms with Crippen molar-refractivity contribution in [3.63, 3.8) is 0 Å². The number of ether oxygens (including phenoxy) is 1. The van der Waals surface area contributed by atoms with E-state index in [1.807, 2.05) is 6.07 Å². The van der Waals surface area contributed by atoms with E-state index in [1.54, 1.807) is 25.1 Å². The highest BCUT2D eigenvalue weighted by Crippen LogP contribution is 2.65. The molecule has 2 unspecified atom stereocenters. The lowest BCUT2D eigenvalue weighted by molar-refractivity contribution is -0.164. The average molecular weight is 405 g/mol. The highest BCUT2D eigenvalue weighted by molar-refractivity contribution is 7.86. The molecule has 28 heavy (non-hydrogen) atoms. The van der Waals surface area contributed by atoms with Crippen molar-refractivity contribution in [3.8, 4) is 0 Å². The molecule has 0 spiro atoms. The third-order valence-corrected chi connectivity index (χ3v) is 8.30. The zero-order valence-corrected chi connectivity index (χ0v) is 17.2. The first-order valence-corrected chi connectivity index (χ1v) is 11.4. The van der Waals surface area contributed by atoms with E-state index in [9.17, 15) is 13.2 Å². The molecule has 0 amide bonds. The summed E-state index contributed by atoms with van der Waals surface area (Å²) in [5, 5.41) is 0. The molecular weight excluding hydrogens is 376 g/mol. The van der Waals surface area contributed by atoms with Gasteiger partial charge in [-0.1, -0.05) is 24.8 Å². The third kappa shape index (κ3) is 3.64. The average Bonchev–Trinajstić information content (AvgIpc) is 2.64. The maximum atomic E-state index is 12.8. The van der Waals surface area contributed by atoms with Crippen LogP contribution in [0.15, 0.2) is 41.8 Å². The van der Waals surface area contributed by atoms with Gasteiger partial charge in [0.1, 0.15) is 0 Å². The molecule has 152 valence electrons. The largest absolute Gasteiger partial charge is 0.462 e. The number of carbonyl (C=O) groups is 1. The van der Waals surface area contributed by atoms with E-state index < -0.39 is 10.1 Å². The van der Waals surface area contributed by atoms with Gasteiger partial charge in [-0.2, -0.15) is 8.42 Å². The van der Waals surface area contributed by atoms with Crippen LogP contribution in [-0.4, -0.2) is 27.6 Å². The monoisotopic (exact) mass is 404 g/mol. The second-order valence-corrected chi connectivity index (χ2v) is 10.8. The van der Waals surface area contributed by atoms with Crippen LogP contribution in [0.25, 0.3) is 0 Å². The fraction of sp³-hybridized carbons (Fsp3) is 0.591.